The van der Waals surface area contributed by atoms with E-state index in [4.69, 9.17) is 4.42 Å². The molecule has 1 N–H and O–H groups in total. The number of hydrogen-bond acceptors (Lipinski definition) is 2. The summed E-state index contributed by atoms with van der Waals surface area (Å²) in [4.78, 5) is 0. The highest BCUT2D eigenvalue weighted by Crippen LogP contribution is 2.23. The Morgan fingerprint density at radius 2 is 2.00 bits per heavy atom. The first-order valence-electron chi connectivity index (χ1n) is 5.11. The maximum atomic E-state index is 10.0. The molecule has 2 aromatic rings. The zero-order valence-corrected chi connectivity index (χ0v) is 8.68. The number of furan rings is 1. The Hall–Kier alpha value is -1.54. The van der Waals surface area contributed by atoms with E-state index in [1.807, 2.05) is 36.4 Å². The molecule has 0 fully saturated rings. The summed E-state index contributed by atoms with van der Waals surface area (Å²) in [7, 11) is 0. The van der Waals surface area contributed by atoms with E-state index < -0.39 is 6.10 Å². The average molecular weight is 202 g/mol. The lowest BCUT2D eigenvalue weighted by Crippen LogP contribution is -1.97. The second-order valence-electron chi connectivity index (χ2n) is 3.52. The molecule has 78 valence electrons. The van der Waals surface area contributed by atoms with Crippen LogP contribution in [0.1, 0.15) is 29.9 Å². The van der Waals surface area contributed by atoms with E-state index >= 15 is 0 Å². The van der Waals surface area contributed by atoms with Gasteiger partial charge < -0.3 is 9.52 Å². The molecule has 0 radical (unpaired) electrons. The SMILES string of the molecule is CCc1coc(C(O)c2ccccc2)c1. The molecule has 1 aromatic carbocycles. The fourth-order valence-corrected chi connectivity index (χ4v) is 1.52. The summed E-state index contributed by atoms with van der Waals surface area (Å²) in [6.07, 6.45) is 1.96. The number of benzene rings is 1. The minimum absolute atomic E-state index is 0.609. The monoisotopic (exact) mass is 202 g/mol. The van der Waals surface area contributed by atoms with E-state index in [2.05, 4.69) is 6.92 Å². The van der Waals surface area contributed by atoms with E-state index in [0.29, 0.717) is 5.76 Å². The predicted octanol–water partition coefficient (Wildman–Crippen LogP) is 2.92. The minimum atomic E-state index is -0.661. The van der Waals surface area contributed by atoms with Crippen LogP contribution < -0.4 is 0 Å². The van der Waals surface area contributed by atoms with Gasteiger partial charge in [0.1, 0.15) is 11.9 Å². The zero-order valence-electron chi connectivity index (χ0n) is 8.68. The van der Waals surface area contributed by atoms with Crippen molar-refractivity contribution in [1.29, 1.82) is 0 Å². The van der Waals surface area contributed by atoms with Crippen LogP contribution in [0, 0.1) is 0 Å². The molecule has 1 heterocycles. The lowest BCUT2D eigenvalue weighted by Gasteiger charge is -2.06. The van der Waals surface area contributed by atoms with Gasteiger partial charge in [-0.3, -0.25) is 0 Å². The summed E-state index contributed by atoms with van der Waals surface area (Å²) in [6, 6.07) is 11.4. The predicted molar refractivity (Wildman–Crippen MR) is 58.6 cm³/mol. The minimum Gasteiger partial charge on any atom is -0.466 e. The van der Waals surface area contributed by atoms with Gasteiger partial charge in [-0.15, -0.1) is 0 Å². The lowest BCUT2D eigenvalue weighted by molar-refractivity contribution is 0.189. The molecule has 15 heavy (non-hydrogen) atoms. The summed E-state index contributed by atoms with van der Waals surface area (Å²) in [6.45, 7) is 2.06. The first kappa shape index (κ1) is 9.99. The van der Waals surface area contributed by atoms with E-state index in [1.54, 1.807) is 6.26 Å². The third kappa shape index (κ3) is 2.10. The number of hydrogen-bond donors (Lipinski definition) is 1. The van der Waals surface area contributed by atoms with Gasteiger partial charge in [0.05, 0.1) is 6.26 Å². The largest absolute Gasteiger partial charge is 0.466 e. The summed E-state index contributed by atoms with van der Waals surface area (Å²) < 4.78 is 5.32. The van der Waals surface area contributed by atoms with E-state index in [9.17, 15) is 5.11 Å². The smallest absolute Gasteiger partial charge is 0.137 e. The van der Waals surface area contributed by atoms with Crippen LogP contribution in [0.5, 0.6) is 0 Å². The van der Waals surface area contributed by atoms with Gasteiger partial charge in [0, 0.05) is 0 Å². The maximum Gasteiger partial charge on any atom is 0.137 e. The van der Waals surface area contributed by atoms with Crippen LogP contribution in [-0.4, -0.2) is 5.11 Å². The average Bonchev–Trinajstić information content (AvgIpc) is 2.78. The van der Waals surface area contributed by atoms with Gasteiger partial charge in [-0.25, -0.2) is 0 Å². The first-order valence-corrected chi connectivity index (χ1v) is 5.11. The summed E-state index contributed by atoms with van der Waals surface area (Å²) in [5.41, 5.74) is 1.97. The first-order chi connectivity index (χ1) is 7.31. The van der Waals surface area contributed by atoms with Gasteiger partial charge in [0.25, 0.3) is 0 Å². The molecule has 0 saturated heterocycles. The molecule has 0 aliphatic carbocycles. The Balaban J connectivity index is 2.24. The highest BCUT2D eigenvalue weighted by atomic mass is 16.4. The molecule has 2 rings (SSSR count). The molecule has 2 nitrogen and oxygen atoms in total. The van der Waals surface area contributed by atoms with Crippen LogP contribution in [0.25, 0.3) is 0 Å². The third-order valence-electron chi connectivity index (χ3n) is 2.47. The van der Waals surface area contributed by atoms with Crippen LogP contribution in [0.15, 0.2) is 47.1 Å². The zero-order chi connectivity index (χ0) is 10.7. The molecule has 1 atom stereocenters. The Morgan fingerprint density at radius 1 is 1.27 bits per heavy atom. The molecule has 1 unspecified atom stereocenters. The van der Waals surface area contributed by atoms with Gasteiger partial charge in [-0.1, -0.05) is 37.3 Å². The molecular weight excluding hydrogens is 188 g/mol. The van der Waals surface area contributed by atoms with E-state index in [0.717, 1.165) is 17.5 Å². The van der Waals surface area contributed by atoms with Crippen LogP contribution in [0.4, 0.5) is 0 Å². The van der Waals surface area contributed by atoms with Crippen LogP contribution in [-0.2, 0) is 6.42 Å². The summed E-state index contributed by atoms with van der Waals surface area (Å²) in [5, 5.41) is 10.0. The van der Waals surface area contributed by atoms with E-state index in [1.165, 1.54) is 0 Å². The second-order valence-corrected chi connectivity index (χ2v) is 3.52. The molecule has 0 aliphatic heterocycles. The highest BCUT2D eigenvalue weighted by Gasteiger charge is 2.13. The highest BCUT2D eigenvalue weighted by molar-refractivity contribution is 5.26. The van der Waals surface area contributed by atoms with Gasteiger partial charge in [0.15, 0.2) is 0 Å². The topological polar surface area (TPSA) is 33.4 Å². The van der Waals surface area contributed by atoms with Crippen LogP contribution in [0.2, 0.25) is 0 Å². The molecular formula is C13H14O2. The van der Waals surface area contributed by atoms with Crippen molar-refractivity contribution in [1.82, 2.24) is 0 Å². The standard InChI is InChI=1S/C13H14O2/c1-2-10-8-12(15-9-10)13(14)11-6-4-3-5-7-11/h3-9,13-14H,2H2,1H3. The molecule has 2 heteroatoms. The van der Waals surface area contributed by atoms with Crippen molar-refractivity contribution in [3.8, 4) is 0 Å². The van der Waals surface area contributed by atoms with Crippen LogP contribution >= 0.6 is 0 Å². The maximum absolute atomic E-state index is 10.0. The fourth-order valence-electron chi connectivity index (χ4n) is 1.52. The number of aliphatic hydroxyl groups is 1. The van der Waals surface area contributed by atoms with Gasteiger partial charge in [0.2, 0.25) is 0 Å². The fraction of sp³-hybridized carbons (Fsp3) is 0.231. The molecule has 0 spiro atoms. The quantitative estimate of drug-likeness (QED) is 0.830. The van der Waals surface area contributed by atoms with Crippen molar-refractivity contribution < 1.29 is 9.52 Å². The summed E-state index contributed by atoms with van der Waals surface area (Å²) >= 11 is 0. The Labute approximate surface area is 89.2 Å². The molecule has 0 amide bonds. The Bertz CT molecular complexity index is 417. The lowest BCUT2D eigenvalue weighted by atomic mass is 10.1. The molecule has 1 aromatic heterocycles. The molecule has 0 saturated carbocycles. The normalized spacial score (nSPS) is 12.7. The van der Waals surface area contributed by atoms with Crippen molar-refractivity contribution in [2.75, 3.05) is 0 Å². The molecule has 0 aliphatic rings. The molecule has 0 bridgehead atoms. The third-order valence-corrected chi connectivity index (χ3v) is 2.47. The Morgan fingerprint density at radius 3 is 2.60 bits per heavy atom. The van der Waals surface area contributed by atoms with Gasteiger partial charge in [-0.05, 0) is 23.6 Å². The van der Waals surface area contributed by atoms with Gasteiger partial charge in [-0.2, -0.15) is 0 Å². The number of aryl methyl sites for hydroxylation is 1. The van der Waals surface area contributed by atoms with E-state index in [-0.39, 0.29) is 0 Å². The summed E-state index contributed by atoms with van der Waals surface area (Å²) in [5.74, 6) is 0.609. The van der Waals surface area contributed by atoms with Gasteiger partial charge >= 0.3 is 0 Å². The van der Waals surface area contributed by atoms with Crippen molar-refractivity contribution in [3.05, 3.63) is 59.5 Å². The van der Waals surface area contributed by atoms with Crippen LogP contribution in [0.3, 0.4) is 0 Å². The number of aliphatic hydroxyl groups excluding tert-OH is 1. The second kappa shape index (κ2) is 4.32. The van der Waals surface area contributed by atoms with Crippen molar-refractivity contribution in [3.63, 3.8) is 0 Å². The Kier molecular flexibility index (Phi) is 2.88. The van der Waals surface area contributed by atoms with Crippen molar-refractivity contribution in [2.45, 2.75) is 19.4 Å². The van der Waals surface area contributed by atoms with Crippen molar-refractivity contribution >= 4 is 0 Å². The number of rotatable bonds is 3. The van der Waals surface area contributed by atoms with Crippen molar-refractivity contribution in [2.24, 2.45) is 0 Å².